The van der Waals surface area contributed by atoms with Crippen LogP contribution in [0.5, 0.6) is 11.5 Å². The number of carbonyl (C=O) groups excluding carboxylic acids is 2. The summed E-state index contributed by atoms with van der Waals surface area (Å²) in [5, 5.41) is 5.41. The second-order valence-corrected chi connectivity index (χ2v) is 8.32. The van der Waals surface area contributed by atoms with Crippen molar-refractivity contribution in [3.63, 3.8) is 0 Å². The maximum Gasteiger partial charge on any atom is 0.231 e. The van der Waals surface area contributed by atoms with Crippen molar-refractivity contribution in [2.45, 2.75) is 13.0 Å². The third-order valence-corrected chi connectivity index (χ3v) is 6.24. The third-order valence-electron chi connectivity index (χ3n) is 5.43. The van der Waals surface area contributed by atoms with Crippen molar-refractivity contribution in [2.75, 3.05) is 49.9 Å². The highest BCUT2D eigenvalue weighted by Gasteiger charge is 2.36. The van der Waals surface area contributed by atoms with E-state index in [2.05, 4.69) is 15.2 Å². The number of nitrogens with zero attached hydrogens (tertiary/aromatic N) is 3. The lowest BCUT2D eigenvalue weighted by Gasteiger charge is -2.25. The number of nitrogens with one attached hydrogen (secondary N) is 1. The fraction of sp³-hybridized carbons (Fsp3) is 0.450. The van der Waals surface area contributed by atoms with Gasteiger partial charge >= 0.3 is 0 Å². The van der Waals surface area contributed by atoms with Gasteiger partial charge in [0.05, 0.1) is 24.8 Å². The van der Waals surface area contributed by atoms with Crippen molar-refractivity contribution in [3.8, 4) is 11.5 Å². The van der Waals surface area contributed by atoms with Crippen LogP contribution in [0.1, 0.15) is 12.1 Å². The normalized spacial score (nSPS) is 21.3. The van der Waals surface area contributed by atoms with Crippen LogP contribution in [0.3, 0.4) is 0 Å². The molecule has 2 saturated heterocycles. The molecule has 5 rings (SSSR count). The fourth-order valence-electron chi connectivity index (χ4n) is 3.82. The molecule has 0 saturated carbocycles. The molecule has 158 valence electrons. The van der Waals surface area contributed by atoms with Crippen LogP contribution >= 0.6 is 11.3 Å². The SMILES string of the molecule is O=C(Nc1nc(CN2CCOCC2)cs1)C1CC(=O)N(c2ccc3c(c2)OCO3)C1. The summed E-state index contributed by atoms with van der Waals surface area (Å²) in [5.74, 6) is 0.592. The van der Waals surface area contributed by atoms with Crippen molar-refractivity contribution in [1.82, 2.24) is 9.88 Å². The van der Waals surface area contributed by atoms with Gasteiger partial charge in [-0.2, -0.15) is 0 Å². The van der Waals surface area contributed by atoms with E-state index in [-0.39, 0.29) is 25.0 Å². The van der Waals surface area contributed by atoms with E-state index in [4.69, 9.17) is 14.2 Å². The predicted octanol–water partition coefficient (Wildman–Crippen LogP) is 1.70. The average Bonchev–Trinajstić information content (AvgIpc) is 3.48. The number of hydrogen-bond donors (Lipinski definition) is 1. The van der Waals surface area contributed by atoms with Gasteiger partial charge in [0.15, 0.2) is 16.6 Å². The molecule has 3 aliphatic heterocycles. The van der Waals surface area contributed by atoms with Crippen LogP contribution in [-0.2, 0) is 20.9 Å². The minimum Gasteiger partial charge on any atom is -0.454 e. The zero-order valence-corrected chi connectivity index (χ0v) is 17.2. The van der Waals surface area contributed by atoms with Crippen molar-refractivity contribution < 1.29 is 23.8 Å². The Balaban J connectivity index is 1.19. The summed E-state index contributed by atoms with van der Waals surface area (Å²) < 4.78 is 16.1. The Morgan fingerprint density at radius 1 is 1.23 bits per heavy atom. The molecule has 10 heteroatoms. The van der Waals surface area contributed by atoms with Gasteiger partial charge in [-0.05, 0) is 12.1 Å². The summed E-state index contributed by atoms with van der Waals surface area (Å²) >= 11 is 1.41. The van der Waals surface area contributed by atoms with Gasteiger partial charge in [-0.25, -0.2) is 4.98 Å². The van der Waals surface area contributed by atoms with Crippen molar-refractivity contribution >= 4 is 34.0 Å². The Labute approximate surface area is 177 Å². The van der Waals surface area contributed by atoms with Crippen LogP contribution in [0.15, 0.2) is 23.6 Å². The highest BCUT2D eigenvalue weighted by molar-refractivity contribution is 7.13. The van der Waals surface area contributed by atoms with Crippen LogP contribution in [0.4, 0.5) is 10.8 Å². The van der Waals surface area contributed by atoms with Gasteiger partial charge in [0.1, 0.15) is 0 Å². The molecule has 0 radical (unpaired) electrons. The van der Waals surface area contributed by atoms with Crippen LogP contribution < -0.4 is 19.7 Å². The molecular weight excluding hydrogens is 408 g/mol. The van der Waals surface area contributed by atoms with Gasteiger partial charge in [-0.1, -0.05) is 0 Å². The van der Waals surface area contributed by atoms with Crippen molar-refractivity contribution in [2.24, 2.45) is 5.92 Å². The molecule has 3 aliphatic rings. The molecule has 0 aliphatic carbocycles. The first-order valence-electron chi connectivity index (χ1n) is 9.91. The highest BCUT2D eigenvalue weighted by Crippen LogP contribution is 2.37. The number of amides is 2. The molecule has 1 unspecified atom stereocenters. The Kier molecular flexibility index (Phi) is 5.28. The smallest absolute Gasteiger partial charge is 0.231 e. The molecule has 0 bridgehead atoms. The quantitative estimate of drug-likeness (QED) is 0.772. The van der Waals surface area contributed by atoms with Gasteiger partial charge in [-0.15, -0.1) is 11.3 Å². The lowest BCUT2D eigenvalue weighted by atomic mass is 10.1. The summed E-state index contributed by atoms with van der Waals surface area (Å²) in [6, 6.07) is 5.37. The molecule has 0 spiro atoms. The first-order valence-corrected chi connectivity index (χ1v) is 10.8. The predicted molar refractivity (Wildman–Crippen MR) is 110 cm³/mol. The number of thiazole rings is 1. The van der Waals surface area contributed by atoms with E-state index < -0.39 is 5.92 Å². The number of aromatic nitrogens is 1. The molecule has 2 fully saturated rings. The number of benzene rings is 1. The molecule has 1 aromatic carbocycles. The monoisotopic (exact) mass is 430 g/mol. The summed E-state index contributed by atoms with van der Waals surface area (Å²) in [6.07, 6.45) is 0.173. The molecule has 9 nitrogen and oxygen atoms in total. The first kappa shape index (κ1) is 19.3. The molecule has 2 amide bonds. The molecular formula is C20H22N4O5S. The number of fused-ring (bicyclic) bond motifs is 1. The number of carbonyl (C=O) groups is 2. The second kappa shape index (κ2) is 8.21. The van der Waals surface area contributed by atoms with Crippen molar-refractivity contribution in [3.05, 3.63) is 29.3 Å². The summed E-state index contributed by atoms with van der Waals surface area (Å²) in [4.78, 5) is 33.7. The minimum absolute atomic E-state index is 0.0823. The minimum atomic E-state index is -0.422. The first-order chi connectivity index (χ1) is 14.7. The maximum atomic E-state index is 12.7. The molecule has 30 heavy (non-hydrogen) atoms. The van der Waals surface area contributed by atoms with Gasteiger partial charge < -0.3 is 24.4 Å². The molecule has 1 N–H and O–H groups in total. The van der Waals surface area contributed by atoms with E-state index in [1.54, 1.807) is 17.0 Å². The Bertz CT molecular complexity index is 958. The topological polar surface area (TPSA) is 93.2 Å². The Morgan fingerprint density at radius 2 is 2.07 bits per heavy atom. The second-order valence-electron chi connectivity index (χ2n) is 7.46. The number of ether oxygens (including phenoxy) is 3. The Hall–Kier alpha value is -2.69. The summed E-state index contributed by atoms with van der Waals surface area (Å²) in [7, 11) is 0. The zero-order valence-electron chi connectivity index (χ0n) is 16.3. The Morgan fingerprint density at radius 3 is 2.93 bits per heavy atom. The largest absolute Gasteiger partial charge is 0.454 e. The lowest BCUT2D eigenvalue weighted by Crippen LogP contribution is -2.35. The zero-order chi connectivity index (χ0) is 20.5. The number of morpholine rings is 1. The average molecular weight is 430 g/mol. The van der Waals surface area contributed by atoms with Crippen LogP contribution in [0, 0.1) is 5.92 Å². The lowest BCUT2D eigenvalue weighted by molar-refractivity contribution is -0.122. The fourth-order valence-corrected chi connectivity index (χ4v) is 4.52. The summed E-state index contributed by atoms with van der Waals surface area (Å²) in [6.45, 7) is 4.51. The van der Waals surface area contributed by atoms with E-state index in [9.17, 15) is 9.59 Å². The number of anilines is 2. The molecule has 1 aromatic heterocycles. The third kappa shape index (κ3) is 3.98. The van der Waals surface area contributed by atoms with E-state index in [1.165, 1.54) is 11.3 Å². The maximum absolute atomic E-state index is 12.7. The molecule has 1 atom stereocenters. The van der Waals surface area contributed by atoms with Gasteiger partial charge in [0, 0.05) is 49.7 Å². The highest BCUT2D eigenvalue weighted by atomic mass is 32.1. The van der Waals surface area contributed by atoms with Crippen LogP contribution in [0.2, 0.25) is 0 Å². The molecule has 2 aromatic rings. The van der Waals surface area contributed by atoms with Crippen molar-refractivity contribution in [1.29, 1.82) is 0 Å². The van der Waals surface area contributed by atoms with Crippen LogP contribution in [0.25, 0.3) is 0 Å². The summed E-state index contributed by atoms with van der Waals surface area (Å²) in [5.41, 5.74) is 1.64. The van der Waals surface area contributed by atoms with E-state index in [1.807, 2.05) is 11.4 Å². The molecule has 4 heterocycles. The number of rotatable bonds is 5. The van der Waals surface area contributed by atoms with E-state index >= 15 is 0 Å². The number of hydrogen-bond acceptors (Lipinski definition) is 8. The van der Waals surface area contributed by atoms with Crippen LogP contribution in [-0.4, -0.2) is 61.3 Å². The van der Waals surface area contributed by atoms with Gasteiger partial charge in [0.25, 0.3) is 0 Å². The van der Waals surface area contributed by atoms with E-state index in [0.29, 0.717) is 28.9 Å². The van der Waals surface area contributed by atoms with Gasteiger partial charge in [0.2, 0.25) is 18.6 Å². The van der Waals surface area contributed by atoms with E-state index in [0.717, 1.165) is 38.5 Å². The standard InChI is InChI=1S/C20H22N4O5S/c25-18-7-13(9-24(18)15-1-2-16-17(8-15)29-12-28-16)19(26)22-20-21-14(11-30-20)10-23-3-5-27-6-4-23/h1-2,8,11,13H,3-7,9-10,12H2,(H,21,22,26). The van der Waals surface area contributed by atoms with Gasteiger partial charge in [-0.3, -0.25) is 14.5 Å².